The lowest BCUT2D eigenvalue weighted by Gasteiger charge is -2.11. The van der Waals surface area contributed by atoms with E-state index in [1.807, 2.05) is 0 Å². The van der Waals surface area contributed by atoms with E-state index in [0.29, 0.717) is 22.3 Å². The minimum atomic E-state index is -0.568. The number of carbonyl (C=O) groups excluding carboxylic acids is 1. The molecule has 8 nitrogen and oxygen atoms in total. The molecular weight excluding hydrogens is 336 g/mol. The Kier molecular flexibility index (Phi) is 4.93. The second kappa shape index (κ2) is 7.47. The van der Waals surface area contributed by atoms with E-state index in [2.05, 4.69) is 15.6 Å². The Balaban J connectivity index is 1.66. The van der Waals surface area contributed by atoms with Crippen LogP contribution in [-0.2, 0) is 9.63 Å². The van der Waals surface area contributed by atoms with E-state index < -0.39 is 12.5 Å². The van der Waals surface area contributed by atoms with Gasteiger partial charge in [0.1, 0.15) is 11.6 Å². The SMILES string of the molecule is Cc1nc2ccccc2c(=O)n1NC(=O)CO/N=C/c1ccccc1O. The molecule has 0 spiro atoms. The fourth-order valence-corrected chi connectivity index (χ4v) is 2.32. The van der Waals surface area contributed by atoms with Crippen LogP contribution >= 0.6 is 0 Å². The maximum absolute atomic E-state index is 12.4. The number of rotatable bonds is 5. The van der Waals surface area contributed by atoms with E-state index in [1.165, 1.54) is 12.3 Å². The number of aromatic nitrogens is 2. The van der Waals surface area contributed by atoms with Crippen molar-refractivity contribution in [3.05, 3.63) is 70.3 Å². The lowest BCUT2D eigenvalue weighted by molar-refractivity contribution is -0.121. The van der Waals surface area contributed by atoms with Crippen molar-refractivity contribution in [2.75, 3.05) is 12.0 Å². The van der Waals surface area contributed by atoms with Gasteiger partial charge in [0.2, 0.25) is 0 Å². The molecule has 0 radical (unpaired) electrons. The van der Waals surface area contributed by atoms with Crippen LogP contribution in [-0.4, -0.2) is 33.5 Å². The molecule has 0 unspecified atom stereocenters. The second-order valence-corrected chi connectivity index (χ2v) is 5.42. The number of para-hydroxylation sites is 2. The topological polar surface area (TPSA) is 106 Å². The highest BCUT2D eigenvalue weighted by Crippen LogP contribution is 2.12. The van der Waals surface area contributed by atoms with Crippen LogP contribution in [0.15, 0.2) is 58.5 Å². The molecule has 8 heteroatoms. The van der Waals surface area contributed by atoms with Gasteiger partial charge in [0.15, 0.2) is 6.61 Å². The molecule has 0 aliphatic carbocycles. The summed E-state index contributed by atoms with van der Waals surface area (Å²) in [5, 5.41) is 13.6. The minimum Gasteiger partial charge on any atom is -0.507 e. The van der Waals surface area contributed by atoms with Gasteiger partial charge in [-0.3, -0.25) is 15.0 Å². The standard InChI is InChI=1S/C18H16N4O4/c1-12-20-15-8-4-3-7-14(15)18(25)22(12)21-17(24)11-26-19-10-13-6-2-5-9-16(13)23/h2-10,23H,11H2,1H3,(H,21,24)/b19-10+. The summed E-state index contributed by atoms with van der Waals surface area (Å²) in [7, 11) is 0. The third-order valence-electron chi connectivity index (χ3n) is 3.58. The summed E-state index contributed by atoms with van der Waals surface area (Å²) in [6.45, 7) is 1.22. The third-order valence-corrected chi connectivity index (χ3v) is 3.58. The number of hydrogen-bond acceptors (Lipinski definition) is 6. The number of aryl methyl sites for hydroxylation is 1. The van der Waals surface area contributed by atoms with Crippen molar-refractivity contribution >= 4 is 23.0 Å². The van der Waals surface area contributed by atoms with E-state index in [4.69, 9.17) is 4.84 Å². The Morgan fingerprint density at radius 3 is 2.81 bits per heavy atom. The molecule has 0 aliphatic rings. The molecule has 1 aromatic heterocycles. The highest BCUT2D eigenvalue weighted by atomic mass is 16.6. The predicted octanol–water partition coefficient (Wildman–Crippen LogP) is 1.53. The van der Waals surface area contributed by atoms with Crippen molar-refractivity contribution < 1.29 is 14.7 Å². The van der Waals surface area contributed by atoms with Gasteiger partial charge >= 0.3 is 0 Å². The number of carbonyl (C=O) groups is 1. The van der Waals surface area contributed by atoms with Gasteiger partial charge in [-0.1, -0.05) is 29.4 Å². The van der Waals surface area contributed by atoms with Gasteiger partial charge < -0.3 is 9.94 Å². The maximum Gasteiger partial charge on any atom is 0.280 e. The van der Waals surface area contributed by atoms with Crippen molar-refractivity contribution in [3.63, 3.8) is 0 Å². The van der Waals surface area contributed by atoms with Gasteiger partial charge in [0.05, 0.1) is 17.1 Å². The summed E-state index contributed by atoms with van der Waals surface area (Å²) in [4.78, 5) is 33.6. The summed E-state index contributed by atoms with van der Waals surface area (Å²) >= 11 is 0. The number of fused-ring (bicyclic) bond motifs is 1. The number of hydrogen-bond donors (Lipinski definition) is 2. The van der Waals surface area contributed by atoms with Crippen LogP contribution in [0.3, 0.4) is 0 Å². The zero-order valence-electron chi connectivity index (χ0n) is 13.9. The quantitative estimate of drug-likeness (QED) is 0.535. The van der Waals surface area contributed by atoms with Gasteiger partial charge in [0, 0.05) is 5.56 Å². The maximum atomic E-state index is 12.4. The monoisotopic (exact) mass is 352 g/mol. The molecule has 3 aromatic rings. The van der Waals surface area contributed by atoms with Crippen molar-refractivity contribution in [2.24, 2.45) is 5.16 Å². The fraction of sp³-hybridized carbons (Fsp3) is 0.111. The average Bonchev–Trinajstić information content (AvgIpc) is 2.63. The lowest BCUT2D eigenvalue weighted by atomic mass is 10.2. The van der Waals surface area contributed by atoms with Crippen molar-refractivity contribution in [1.29, 1.82) is 0 Å². The molecule has 2 aromatic carbocycles. The Morgan fingerprint density at radius 1 is 1.27 bits per heavy atom. The summed E-state index contributed by atoms with van der Waals surface area (Å²) in [6.07, 6.45) is 1.29. The van der Waals surface area contributed by atoms with Crippen molar-refractivity contribution in [2.45, 2.75) is 6.92 Å². The third kappa shape index (κ3) is 3.69. The molecule has 1 amide bonds. The Hall–Kier alpha value is -3.68. The Morgan fingerprint density at radius 2 is 2.00 bits per heavy atom. The molecular formula is C18H16N4O4. The minimum absolute atomic E-state index is 0.0497. The molecule has 0 saturated heterocycles. The van der Waals surface area contributed by atoms with Gasteiger partial charge in [-0.05, 0) is 31.2 Å². The van der Waals surface area contributed by atoms with E-state index in [1.54, 1.807) is 49.4 Å². The first-order chi connectivity index (χ1) is 12.6. The molecule has 2 N–H and O–H groups in total. The van der Waals surface area contributed by atoms with Gasteiger partial charge in [0.25, 0.3) is 11.5 Å². The first kappa shape index (κ1) is 17.2. The smallest absolute Gasteiger partial charge is 0.280 e. The average molecular weight is 352 g/mol. The van der Waals surface area contributed by atoms with Crippen LogP contribution in [0.4, 0.5) is 0 Å². The zero-order chi connectivity index (χ0) is 18.5. The molecule has 3 rings (SSSR count). The normalized spacial score (nSPS) is 11.0. The molecule has 26 heavy (non-hydrogen) atoms. The first-order valence-electron chi connectivity index (χ1n) is 7.78. The molecule has 1 heterocycles. The summed E-state index contributed by atoms with van der Waals surface area (Å²) in [6, 6.07) is 13.4. The number of nitrogens with one attached hydrogen (secondary N) is 1. The number of oxime groups is 1. The molecule has 0 aliphatic heterocycles. The number of phenolic OH excluding ortho intramolecular Hbond substituents is 1. The molecule has 132 valence electrons. The fourth-order valence-electron chi connectivity index (χ4n) is 2.32. The molecule has 0 saturated carbocycles. The van der Waals surface area contributed by atoms with E-state index in [-0.39, 0.29) is 11.3 Å². The first-order valence-corrected chi connectivity index (χ1v) is 7.78. The molecule has 0 bridgehead atoms. The number of amides is 1. The van der Waals surface area contributed by atoms with E-state index in [9.17, 15) is 14.7 Å². The number of nitrogens with zero attached hydrogens (tertiary/aromatic N) is 3. The van der Waals surface area contributed by atoms with Crippen LogP contribution in [0, 0.1) is 6.92 Å². The number of phenols is 1. The number of aromatic hydroxyl groups is 1. The van der Waals surface area contributed by atoms with Crippen molar-refractivity contribution in [1.82, 2.24) is 9.66 Å². The van der Waals surface area contributed by atoms with E-state index >= 15 is 0 Å². The van der Waals surface area contributed by atoms with Crippen LogP contribution < -0.4 is 11.0 Å². The molecule has 0 fully saturated rings. The van der Waals surface area contributed by atoms with E-state index in [0.717, 1.165) is 4.68 Å². The predicted molar refractivity (Wildman–Crippen MR) is 96.8 cm³/mol. The summed E-state index contributed by atoms with van der Waals surface area (Å²) in [5.41, 5.74) is 3.08. The van der Waals surface area contributed by atoms with Crippen LogP contribution in [0.2, 0.25) is 0 Å². The second-order valence-electron chi connectivity index (χ2n) is 5.42. The zero-order valence-corrected chi connectivity index (χ0v) is 13.9. The van der Waals surface area contributed by atoms with Crippen molar-refractivity contribution in [3.8, 4) is 5.75 Å². The Bertz CT molecular complexity index is 1040. The Labute approximate surface area is 148 Å². The summed E-state index contributed by atoms with van der Waals surface area (Å²) in [5.74, 6) is -0.171. The highest BCUT2D eigenvalue weighted by molar-refractivity contribution is 5.86. The van der Waals surface area contributed by atoms with Crippen LogP contribution in [0.25, 0.3) is 10.9 Å². The molecule has 0 atom stereocenters. The highest BCUT2D eigenvalue weighted by Gasteiger charge is 2.10. The largest absolute Gasteiger partial charge is 0.507 e. The number of benzene rings is 2. The summed E-state index contributed by atoms with van der Waals surface area (Å²) < 4.78 is 1.07. The van der Waals surface area contributed by atoms with Crippen LogP contribution in [0.5, 0.6) is 5.75 Å². The lowest BCUT2D eigenvalue weighted by Crippen LogP contribution is -2.37. The van der Waals surface area contributed by atoms with Gasteiger partial charge in [-0.15, -0.1) is 0 Å². The van der Waals surface area contributed by atoms with Gasteiger partial charge in [-0.25, -0.2) is 9.66 Å². The van der Waals surface area contributed by atoms with Gasteiger partial charge in [-0.2, -0.15) is 0 Å². The van der Waals surface area contributed by atoms with Crippen LogP contribution in [0.1, 0.15) is 11.4 Å².